The van der Waals surface area contributed by atoms with Crippen LogP contribution in [0.4, 0.5) is 14.9 Å². The molecule has 1 heterocycles. The minimum Gasteiger partial charge on any atom is -0.368 e. The number of nitrogens with one attached hydrogen (secondary N) is 1. The zero-order valence-corrected chi connectivity index (χ0v) is 14.5. The number of nitrogens with zero attached hydrogens (tertiary/aromatic N) is 2. The number of halogens is 1. The van der Waals surface area contributed by atoms with Crippen LogP contribution in [0.1, 0.15) is 11.1 Å². The molecule has 1 N–H and O–H groups in total. The molecule has 0 atom stereocenters. The molecule has 1 aliphatic rings. The molecule has 0 unspecified atom stereocenters. The Morgan fingerprint density at radius 1 is 1.08 bits per heavy atom. The molecular weight excluding hydrogens is 317 g/mol. The molecular formula is C20H24FN3O. The quantitative estimate of drug-likeness (QED) is 0.927. The minimum absolute atomic E-state index is 0.00795. The average molecular weight is 341 g/mol. The SMILES string of the molecule is Cc1cccc(CCNC(=O)N2CCN(c3ccc(F)cc3)CC2)c1. The lowest BCUT2D eigenvalue weighted by atomic mass is 10.1. The van der Waals surface area contributed by atoms with Gasteiger partial charge in [0.2, 0.25) is 0 Å². The van der Waals surface area contributed by atoms with Crippen LogP contribution >= 0.6 is 0 Å². The lowest BCUT2D eigenvalue weighted by Crippen LogP contribution is -2.52. The molecule has 2 amide bonds. The van der Waals surface area contributed by atoms with Gasteiger partial charge in [0, 0.05) is 38.4 Å². The van der Waals surface area contributed by atoms with Gasteiger partial charge in [-0.1, -0.05) is 29.8 Å². The van der Waals surface area contributed by atoms with E-state index in [-0.39, 0.29) is 11.8 Å². The lowest BCUT2D eigenvalue weighted by molar-refractivity contribution is 0.194. The number of urea groups is 1. The summed E-state index contributed by atoms with van der Waals surface area (Å²) in [6, 6.07) is 14.9. The van der Waals surface area contributed by atoms with E-state index in [1.807, 2.05) is 11.0 Å². The summed E-state index contributed by atoms with van der Waals surface area (Å²) in [7, 11) is 0. The number of amides is 2. The highest BCUT2D eigenvalue weighted by molar-refractivity contribution is 5.74. The van der Waals surface area contributed by atoms with Crippen molar-refractivity contribution in [3.8, 4) is 0 Å². The highest BCUT2D eigenvalue weighted by Crippen LogP contribution is 2.16. The Kier molecular flexibility index (Phi) is 5.53. The van der Waals surface area contributed by atoms with Crippen molar-refractivity contribution in [2.75, 3.05) is 37.6 Å². The molecule has 1 fully saturated rings. The van der Waals surface area contributed by atoms with Crippen molar-refractivity contribution in [2.45, 2.75) is 13.3 Å². The van der Waals surface area contributed by atoms with Gasteiger partial charge < -0.3 is 15.1 Å². The molecule has 132 valence electrons. The Labute approximate surface area is 148 Å². The summed E-state index contributed by atoms with van der Waals surface area (Å²) in [5.74, 6) is -0.227. The van der Waals surface area contributed by atoms with Gasteiger partial charge in [-0.2, -0.15) is 0 Å². The van der Waals surface area contributed by atoms with Crippen LogP contribution in [0.15, 0.2) is 48.5 Å². The van der Waals surface area contributed by atoms with Gasteiger partial charge in [-0.25, -0.2) is 9.18 Å². The highest BCUT2D eigenvalue weighted by Gasteiger charge is 2.20. The van der Waals surface area contributed by atoms with E-state index in [0.717, 1.165) is 25.2 Å². The van der Waals surface area contributed by atoms with Gasteiger partial charge in [-0.15, -0.1) is 0 Å². The molecule has 0 spiro atoms. The third-order valence-electron chi connectivity index (χ3n) is 4.53. The summed E-state index contributed by atoms with van der Waals surface area (Å²) in [5.41, 5.74) is 3.48. The van der Waals surface area contributed by atoms with Gasteiger partial charge in [0.25, 0.3) is 0 Å². The Morgan fingerprint density at radius 3 is 2.48 bits per heavy atom. The fraction of sp³-hybridized carbons (Fsp3) is 0.350. The summed E-state index contributed by atoms with van der Waals surface area (Å²) in [6.07, 6.45) is 0.836. The van der Waals surface area contributed by atoms with Crippen molar-refractivity contribution >= 4 is 11.7 Å². The van der Waals surface area contributed by atoms with Gasteiger partial charge in [0.05, 0.1) is 0 Å². The third kappa shape index (κ3) is 4.72. The smallest absolute Gasteiger partial charge is 0.317 e. The number of hydrogen-bond acceptors (Lipinski definition) is 2. The molecule has 0 aromatic heterocycles. The van der Waals surface area contributed by atoms with Crippen molar-refractivity contribution in [3.05, 3.63) is 65.5 Å². The number of rotatable bonds is 4. The second-order valence-corrected chi connectivity index (χ2v) is 6.42. The van der Waals surface area contributed by atoms with Crippen LogP contribution in [-0.4, -0.2) is 43.7 Å². The Morgan fingerprint density at radius 2 is 1.80 bits per heavy atom. The number of carbonyl (C=O) groups excluding carboxylic acids is 1. The fourth-order valence-electron chi connectivity index (χ4n) is 3.11. The maximum Gasteiger partial charge on any atom is 0.317 e. The number of carbonyl (C=O) groups is 1. The van der Waals surface area contributed by atoms with Gasteiger partial charge in [0.15, 0.2) is 0 Å². The minimum atomic E-state index is -0.227. The lowest BCUT2D eigenvalue weighted by Gasteiger charge is -2.36. The Balaban J connectivity index is 1.43. The Bertz CT molecular complexity index is 709. The van der Waals surface area contributed by atoms with Crippen molar-refractivity contribution < 1.29 is 9.18 Å². The standard InChI is InChI=1S/C20H24FN3O/c1-16-3-2-4-17(15-16)9-10-22-20(25)24-13-11-23(12-14-24)19-7-5-18(21)6-8-19/h2-8,15H,9-14H2,1H3,(H,22,25). The number of anilines is 1. The van der Waals surface area contributed by atoms with Crippen LogP contribution in [0.25, 0.3) is 0 Å². The number of hydrogen-bond donors (Lipinski definition) is 1. The molecule has 0 radical (unpaired) electrons. The van der Waals surface area contributed by atoms with Crippen LogP contribution < -0.4 is 10.2 Å². The summed E-state index contributed by atoms with van der Waals surface area (Å²) < 4.78 is 13.0. The third-order valence-corrected chi connectivity index (χ3v) is 4.53. The first kappa shape index (κ1) is 17.3. The normalized spacial score (nSPS) is 14.5. The molecule has 2 aromatic rings. The Hall–Kier alpha value is -2.56. The van der Waals surface area contributed by atoms with Crippen LogP contribution in [0.2, 0.25) is 0 Å². The van der Waals surface area contributed by atoms with Crippen LogP contribution in [-0.2, 0) is 6.42 Å². The first-order valence-corrected chi connectivity index (χ1v) is 8.71. The van der Waals surface area contributed by atoms with Gasteiger partial charge >= 0.3 is 6.03 Å². The molecule has 1 saturated heterocycles. The summed E-state index contributed by atoms with van der Waals surface area (Å²) in [4.78, 5) is 16.3. The molecule has 0 aliphatic carbocycles. The molecule has 0 saturated carbocycles. The fourth-order valence-corrected chi connectivity index (χ4v) is 3.11. The maximum atomic E-state index is 13.0. The van der Waals surface area contributed by atoms with Crippen molar-refractivity contribution in [3.63, 3.8) is 0 Å². The first-order valence-electron chi connectivity index (χ1n) is 8.71. The van der Waals surface area contributed by atoms with E-state index in [2.05, 4.69) is 35.3 Å². The van der Waals surface area contributed by atoms with Crippen molar-refractivity contribution in [2.24, 2.45) is 0 Å². The highest BCUT2D eigenvalue weighted by atomic mass is 19.1. The van der Waals surface area contributed by atoms with E-state index in [1.54, 1.807) is 12.1 Å². The second-order valence-electron chi connectivity index (χ2n) is 6.42. The maximum absolute atomic E-state index is 13.0. The number of aryl methyl sites for hydroxylation is 1. The van der Waals surface area contributed by atoms with Crippen molar-refractivity contribution in [1.82, 2.24) is 10.2 Å². The van der Waals surface area contributed by atoms with Crippen LogP contribution in [0.5, 0.6) is 0 Å². The largest absolute Gasteiger partial charge is 0.368 e. The molecule has 4 nitrogen and oxygen atoms in total. The summed E-state index contributed by atoms with van der Waals surface area (Å²) in [5, 5.41) is 3.00. The average Bonchev–Trinajstić information content (AvgIpc) is 2.62. The molecule has 2 aromatic carbocycles. The van der Waals surface area contributed by atoms with E-state index in [0.29, 0.717) is 19.6 Å². The van der Waals surface area contributed by atoms with E-state index < -0.39 is 0 Å². The van der Waals surface area contributed by atoms with Crippen LogP contribution in [0, 0.1) is 12.7 Å². The van der Waals surface area contributed by atoms with E-state index in [9.17, 15) is 9.18 Å². The van der Waals surface area contributed by atoms with E-state index in [4.69, 9.17) is 0 Å². The van der Waals surface area contributed by atoms with E-state index >= 15 is 0 Å². The van der Waals surface area contributed by atoms with Gasteiger partial charge in [-0.05, 0) is 43.2 Å². The predicted molar refractivity (Wildman–Crippen MR) is 98.5 cm³/mol. The first-order chi connectivity index (χ1) is 12.1. The zero-order chi connectivity index (χ0) is 17.6. The number of benzene rings is 2. The molecule has 5 heteroatoms. The second kappa shape index (κ2) is 8.01. The zero-order valence-electron chi connectivity index (χ0n) is 14.5. The van der Waals surface area contributed by atoms with Gasteiger partial charge in [0.1, 0.15) is 5.82 Å². The predicted octanol–water partition coefficient (Wildman–Crippen LogP) is 3.21. The number of piperazine rings is 1. The molecule has 0 bridgehead atoms. The monoisotopic (exact) mass is 341 g/mol. The topological polar surface area (TPSA) is 35.6 Å². The molecule has 1 aliphatic heterocycles. The van der Waals surface area contributed by atoms with Gasteiger partial charge in [-0.3, -0.25) is 0 Å². The summed E-state index contributed by atoms with van der Waals surface area (Å²) in [6.45, 7) is 5.58. The van der Waals surface area contributed by atoms with Crippen LogP contribution in [0.3, 0.4) is 0 Å². The van der Waals surface area contributed by atoms with E-state index in [1.165, 1.54) is 23.3 Å². The van der Waals surface area contributed by atoms with Crippen molar-refractivity contribution in [1.29, 1.82) is 0 Å². The summed E-state index contributed by atoms with van der Waals surface area (Å²) >= 11 is 0. The molecule has 3 rings (SSSR count). The molecule has 25 heavy (non-hydrogen) atoms.